The van der Waals surface area contributed by atoms with Gasteiger partial charge in [-0.1, -0.05) is 0 Å². The fraction of sp³-hybridized carbons (Fsp3) is 0.214. The van der Waals surface area contributed by atoms with Crippen LogP contribution in [0.15, 0.2) is 24.4 Å². The second-order valence-corrected chi connectivity index (χ2v) is 4.78. The average molecular weight is 307 g/mol. The summed E-state index contributed by atoms with van der Waals surface area (Å²) in [6, 6.07) is 6.00. The van der Waals surface area contributed by atoms with Crippen LogP contribution in [0.2, 0.25) is 5.28 Å². The third-order valence-corrected chi connectivity index (χ3v) is 2.62. The van der Waals surface area contributed by atoms with Crippen molar-refractivity contribution in [1.29, 1.82) is 5.26 Å². The Kier molecular flexibility index (Phi) is 4.55. The zero-order valence-electron chi connectivity index (χ0n) is 11.4. The van der Waals surface area contributed by atoms with Crippen LogP contribution < -0.4 is 10.1 Å². The molecule has 0 fully saturated rings. The largest absolute Gasteiger partial charge is 0.489 e. The third kappa shape index (κ3) is 3.80. The minimum Gasteiger partial charge on any atom is -0.489 e. The molecule has 1 aromatic heterocycles. The zero-order chi connectivity index (χ0) is 15.4. The fourth-order valence-corrected chi connectivity index (χ4v) is 1.75. The normalized spacial score (nSPS) is 10.3. The SMILES string of the molecule is CC(C)Oc1ccc(F)cc1Nc1nc(Cl)ncc1C#N. The first-order valence-corrected chi connectivity index (χ1v) is 6.53. The van der Waals surface area contributed by atoms with Crippen molar-refractivity contribution < 1.29 is 9.13 Å². The molecular formula is C14H12ClFN4O. The van der Waals surface area contributed by atoms with Crippen LogP contribution in [0.4, 0.5) is 15.9 Å². The molecule has 21 heavy (non-hydrogen) atoms. The van der Waals surface area contributed by atoms with E-state index in [4.69, 9.17) is 21.6 Å². The van der Waals surface area contributed by atoms with Gasteiger partial charge in [-0.05, 0) is 37.6 Å². The second kappa shape index (κ2) is 6.37. The molecule has 0 amide bonds. The van der Waals surface area contributed by atoms with E-state index in [2.05, 4.69) is 15.3 Å². The lowest BCUT2D eigenvalue weighted by Crippen LogP contribution is -2.08. The highest BCUT2D eigenvalue weighted by molar-refractivity contribution is 6.28. The number of aromatic nitrogens is 2. The van der Waals surface area contributed by atoms with E-state index in [9.17, 15) is 4.39 Å². The molecule has 1 heterocycles. The first-order chi connectivity index (χ1) is 9.99. The summed E-state index contributed by atoms with van der Waals surface area (Å²) in [5.74, 6) is 0.203. The lowest BCUT2D eigenvalue weighted by Gasteiger charge is -2.15. The van der Waals surface area contributed by atoms with E-state index in [1.165, 1.54) is 24.4 Å². The molecule has 108 valence electrons. The molecule has 0 bridgehead atoms. The predicted molar refractivity (Wildman–Crippen MR) is 77.2 cm³/mol. The van der Waals surface area contributed by atoms with Crippen molar-refractivity contribution in [3.8, 4) is 11.8 Å². The third-order valence-electron chi connectivity index (χ3n) is 2.44. The zero-order valence-corrected chi connectivity index (χ0v) is 12.1. The van der Waals surface area contributed by atoms with Crippen LogP contribution in [0.5, 0.6) is 5.75 Å². The summed E-state index contributed by atoms with van der Waals surface area (Å²) in [6.07, 6.45) is 1.21. The number of benzene rings is 1. The molecule has 2 aromatic rings. The molecule has 0 radical (unpaired) electrons. The van der Waals surface area contributed by atoms with E-state index >= 15 is 0 Å². The number of rotatable bonds is 4. The molecule has 0 unspecified atom stereocenters. The van der Waals surface area contributed by atoms with Gasteiger partial charge in [-0.2, -0.15) is 10.2 Å². The first kappa shape index (κ1) is 15.0. The maximum Gasteiger partial charge on any atom is 0.224 e. The van der Waals surface area contributed by atoms with Gasteiger partial charge in [0.1, 0.15) is 23.2 Å². The summed E-state index contributed by atoms with van der Waals surface area (Å²) in [7, 11) is 0. The van der Waals surface area contributed by atoms with E-state index in [-0.39, 0.29) is 22.8 Å². The van der Waals surface area contributed by atoms with Crippen molar-refractivity contribution in [2.75, 3.05) is 5.32 Å². The Morgan fingerprint density at radius 1 is 1.43 bits per heavy atom. The van der Waals surface area contributed by atoms with Gasteiger partial charge >= 0.3 is 0 Å². The summed E-state index contributed by atoms with van der Waals surface area (Å²) in [6.45, 7) is 3.71. The van der Waals surface area contributed by atoms with E-state index in [0.717, 1.165) is 0 Å². The van der Waals surface area contributed by atoms with Crippen molar-refractivity contribution in [3.05, 3.63) is 41.1 Å². The van der Waals surface area contributed by atoms with Crippen molar-refractivity contribution >= 4 is 23.1 Å². The molecule has 0 aliphatic rings. The molecule has 0 saturated heterocycles. The Bertz CT molecular complexity index is 700. The highest BCUT2D eigenvalue weighted by Crippen LogP contribution is 2.30. The number of hydrogen-bond donors (Lipinski definition) is 1. The van der Waals surface area contributed by atoms with Gasteiger partial charge in [0.25, 0.3) is 0 Å². The van der Waals surface area contributed by atoms with E-state index in [0.29, 0.717) is 11.4 Å². The number of nitrogens with zero attached hydrogens (tertiary/aromatic N) is 3. The van der Waals surface area contributed by atoms with Crippen LogP contribution in [-0.4, -0.2) is 16.1 Å². The molecule has 7 heteroatoms. The van der Waals surface area contributed by atoms with Gasteiger partial charge in [0.15, 0.2) is 5.82 Å². The van der Waals surface area contributed by atoms with Gasteiger partial charge in [0.2, 0.25) is 5.28 Å². The number of nitriles is 1. The molecule has 0 saturated carbocycles. The number of halogens is 2. The van der Waals surface area contributed by atoms with Crippen molar-refractivity contribution in [2.24, 2.45) is 0 Å². The number of anilines is 2. The molecule has 2 rings (SSSR count). The minimum absolute atomic E-state index is 0.0146. The van der Waals surface area contributed by atoms with E-state index in [1.54, 1.807) is 0 Å². The molecule has 0 spiro atoms. The van der Waals surface area contributed by atoms with Crippen LogP contribution in [0, 0.1) is 17.1 Å². The summed E-state index contributed by atoms with van der Waals surface area (Å²) >= 11 is 5.72. The van der Waals surface area contributed by atoms with Crippen LogP contribution in [0.3, 0.4) is 0 Å². The highest BCUT2D eigenvalue weighted by atomic mass is 35.5. The molecule has 1 N–H and O–H groups in total. The Labute approximate surface area is 126 Å². The lowest BCUT2D eigenvalue weighted by molar-refractivity contribution is 0.243. The van der Waals surface area contributed by atoms with Crippen LogP contribution in [0.25, 0.3) is 0 Å². The monoisotopic (exact) mass is 306 g/mol. The van der Waals surface area contributed by atoms with Gasteiger partial charge < -0.3 is 10.1 Å². The molecular weight excluding hydrogens is 295 g/mol. The maximum atomic E-state index is 13.4. The van der Waals surface area contributed by atoms with Gasteiger partial charge in [-0.3, -0.25) is 0 Å². The maximum absolute atomic E-state index is 13.4. The fourth-order valence-electron chi connectivity index (χ4n) is 1.62. The minimum atomic E-state index is -0.438. The highest BCUT2D eigenvalue weighted by Gasteiger charge is 2.12. The summed E-state index contributed by atoms with van der Waals surface area (Å²) in [5, 5.41) is 11.9. The standard InChI is InChI=1S/C14H12ClFN4O/c1-8(2)21-12-4-3-10(16)5-11(12)19-13-9(6-17)7-18-14(15)20-13/h3-5,7-8H,1-2H3,(H,18,19,20). The number of hydrogen-bond acceptors (Lipinski definition) is 5. The Hall–Kier alpha value is -2.39. The van der Waals surface area contributed by atoms with Crippen LogP contribution >= 0.6 is 11.6 Å². The summed E-state index contributed by atoms with van der Waals surface area (Å²) in [4.78, 5) is 7.66. The molecule has 5 nitrogen and oxygen atoms in total. The average Bonchev–Trinajstić information content (AvgIpc) is 2.42. The number of ether oxygens (including phenoxy) is 1. The second-order valence-electron chi connectivity index (χ2n) is 4.45. The summed E-state index contributed by atoms with van der Waals surface area (Å²) < 4.78 is 19.0. The van der Waals surface area contributed by atoms with Gasteiger partial charge in [-0.15, -0.1) is 0 Å². The molecule has 0 atom stereocenters. The van der Waals surface area contributed by atoms with Gasteiger partial charge in [-0.25, -0.2) is 9.37 Å². The topological polar surface area (TPSA) is 70.8 Å². The van der Waals surface area contributed by atoms with Crippen LogP contribution in [-0.2, 0) is 0 Å². The van der Waals surface area contributed by atoms with Gasteiger partial charge in [0.05, 0.1) is 18.0 Å². The Balaban J connectivity index is 2.41. The lowest BCUT2D eigenvalue weighted by atomic mass is 10.2. The smallest absolute Gasteiger partial charge is 0.224 e. The van der Waals surface area contributed by atoms with Crippen molar-refractivity contribution in [1.82, 2.24) is 9.97 Å². The predicted octanol–water partition coefficient (Wildman–Crippen LogP) is 3.67. The quantitative estimate of drug-likeness (QED) is 0.873. The van der Waals surface area contributed by atoms with Crippen molar-refractivity contribution in [2.45, 2.75) is 20.0 Å². The van der Waals surface area contributed by atoms with Crippen LogP contribution in [0.1, 0.15) is 19.4 Å². The summed E-state index contributed by atoms with van der Waals surface area (Å²) in [5.41, 5.74) is 0.550. The Morgan fingerprint density at radius 2 is 2.19 bits per heavy atom. The van der Waals surface area contributed by atoms with E-state index < -0.39 is 5.82 Å². The molecule has 0 aliphatic carbocycles. The molecule has 1 aromatic carbocycles. The number of nitrogens with one attached hydrogen (secondary N) is 1. The Morgan fingerprint density at radius 3 is 2.86 bits per heavy atom. The molecule has 0 aliphatic heterocycles. The van der Waals surface area contributed by atoms with Gasteiger partial charge in [0, 0.05) is 6.07 Å². The van der Waals surface area contributed by atoms with E-state index in [1.807, 2.05) is 19.9 Å². The first-order valence-electron chi connectivity index (χ1n) is 6.15. The van der Waals surface area contributed by atoms with Crippen molar-refractivity contribution in [3.63, 3.8) is 0 Å².